The van der Waals surface area contributed by atoms with Crippen LogP contribution >= 0.6 is 23.2 Å². The number of benzene rings is 1. The molecule has 1 aromatic rings. The Balaban J connectivity index is 2.69. The van der Waals surface area contributed by atoms with E-state index in [1.54, 1.807) is 6.07 Å². The summed E-state index contributed by atoms with van der Waals surface area (Å²) < 4.78 is 0. The van der Waals surface area contributed by atoms with Gasteiger partial charge < -0.3 is 0 Å². The van der Waals surface area contributed by atoms with Crippen molar-refractivity contribution < 1.29 is 9.59 Å². The predicted octanol–water partition coefficient (Wildman–Crippen LogP) is 2.19. The molecule has 2 unspecified atom stereocenters. The number of hydrogen-bond acceptors (Lipinski definition) is 4. The van der Waals surface area contributed by atoms with Gasteiger partial charge in [-0.25, -0.2) is 0 Å². The van der Waals surface area contributed by atoms with E-state index in [-0.39, 0.29) is 5.02 Å². The number of nitriles is 2. The van der Waals surface area contributed by atoms with Gasteiger partial charge in [-0.2, -0.15) is 10.5 Å². The van der Waals surface area contributed by atoms with E-state index in [1.165, 1.54) is 19.1 Å². The highest BCUT2D eigenvalue weighted by atomic mass is 35.5. The van der Waals surface area contributed by atoms with Crippen LogP contribution in [-0.4, -0.2) is 11.8 Å². The fourth-order valence-electron chi connectivity index (χ4n) is 2.53. The highest BCUT2D eigenvalue weighted by molar-refractivity contribution is 6.42. The topological polar surface area (TPSA) is 93.8 Å². The Morgan fingerprint density at radius 2 is 1.62 bits per heavy atom. The number of nitrogens with one attached hydrogen (secondary N) is 1. The quantitative estimate of drug-likeness (QED) is 0.802. The lowest BCUT2D eigenvalue weighted by Gasteiger charge is -2.40. The minimum absolute atomic E-state index is 0.224. The molecule has 2 atom stereocenters. The van der Waals surface area contributed by atoms with Crippen LogP contribution < -0.4 is 5.32 Å². The molecule has 1 fully saturated rings. The number of halogens is 2. The highest BCUT2D eigenvalue weighted by Gasteiger charge is 2.54. The van der Waals surface area contributed by atoms with Gasteiger partial charge in [-0.05, 0) is 17.7 Å². The molecule has 21 heavy (non-hydrogen) atoms. The van der Waals surface area contributed by atoms with E-state index in [1.807, 2.05) is 12.1 Å². The molecule has 1 heterocycles. The first-order valence-electron chi connectivity index (χ1n) is 5.95. The zero-order chi connectivity index (χ0) is 15.8. The average molecular weight is 322 g/mol. The van der Waals surface area contributed by atoms with Crippen LogP contribution in [0.1, 0.15) is 12.5 Å². The van der Waals surface area contributed by atoms with Crippen molar-refractivity contribution in [3.63, 3.8) is 0 Å². The number of hydrogen-bond donors (Lipinski definition) is 1. The summed E-state index contributed by atoms with van der Waals surface area (Å²) in [5, 5.41) is 21.2. The first-order valence-corrected chi connectivity index (χ1v) is 6.71. The molecule has 0 saturated carbocycles. The van der Waals surface area contributed by atoms with Crippen molar-refractivity contribution in [1.29, 1.82) is 10.5 Å². The molecule has 1 aliphatic heterocycles. The van der Waals surface area contributed by atoms with Crippen molar-refractivity contribution in [3.05, 3.63) is 33.8 Å². The van der Waals surface area contributed by atoms with Crippen molar-refractivity contribution in [2.45, 2.75) is 12.3 Å². The summed E-state index contributed by atoms with van der Waals surface area (Å²) >= 11 is 11.8. The van der Waals surface area contributed by atoms with E-state index in [4.69, 9.17) is 23.2 Å². The van der Waals surface area contributed by atoms with Crippen LogP contribution in [0.15, 0.2) is 18.2 Å². The maximum absolute atomic E-state index is 11.9. The van der Waals surface area contributed by atoms with Gasteiger partial charge in [0.05, 0.1) is 22.2 Å². The van der Waals surface area contributed by atoms with E-state index < -0.39 is 29.1 Å². The first kappa shape index (κ1) is 15.3. The second kappa shape index (κ2) is 5.37. The molecule has 1 aliphatic rings. The summed E-state index contributed by atoms with van der Waals surface area (Å²) in [4.78, 5) is 23.8. The standard InChI is InChI=1S/C14H9Cl2N3O2/c1-14(7-2-3-10(15)11(16)4-7)8(5-17)12(20)19-13(21)9(14)6-18/h2-4,8-9H,1H3,(H,19,20,21). The van der Waals surface area contributed by atoms with Gasteiger partial charge in [-0.15, -0.1) is 0 Å². The number of amides is 2. The molecule has 1 saturated heterocycles. The average Bonchev–Trinajstić information content (AvgIpc) is 2.42. The molecule has 1 N–H and O–H groups in total. The molecule has 0 radical (unpaired) electrons. The lowest BCUT2D eigenvalue weighted by Crippen LogP contribution is -2.58. The van der Waals surface area contributed by atoms with Crippen LogP contribution in [0.2, 0.25) is 10.0 Å². The van der Waals surface area contributed by atoms with Crippen molar-refractivity contribution in [2.75, 3.05) is 0 Å². The zero-order valence-electron chi connectivity index (χ0n) is 10.9. The van der Waals surface area contributed by atoms with Gasteiger partial charge in [0.25, 0.3) is 0 Å². The lowest BCUT2D eigenvalue weighted by atomic mass is 9.62. The van der Waals surface area contributed by atoms with Crippen molar-refractivity contribution in [2.24, 2.45) is 11.8 Å². The Morgan fingerprint density at radius 3 is 2.05 bits per heavy atom. The predicted molar refractivity (Wildman–Crippen MR) is 75.2 cm³/mol. The van der Waals surface area contributed by atoms with Crippen molar-refractivity contribution in [3.8, 4) is 12.1 Å². The van der Waals surface area contributed by atoms with Crippen LogP contribution in [0.4, 0.5) is 0 Å². The number of piperidine rings is 1. The molecule has 0 aliphatic carbocycles. The minimum atomic E-state index is -1.29. The van der Waals surface area contributed by atoms with Crippen LogP contribution in [-0.2, 0) is 15.0 Å². The third kappa shape index (κ3) is 2.25. The molecule has 0 aromatic heterocycles. The molecule has 1 aromatic carbocycles. The van der Waals surface area contributed by atoms with Crippen LogP contribution in [0, 0.1) is 34.5 Å². The summed E-state index contributed by atoms with van der Waals surface area (Å²) in [7, 11) is 0. The highest BCUT2D eigenvalue weighted by Crippen LogP contribution is 2.43. The molecule has 106 valence electrons. The fraction of sp³-hybridized carbons (Fsp3) is 0.286. The van der Waals surface area contributed by atoms with Gasteiger partial charge in [0, 0.05) is 5.41 Å². The number of carbonyl (C=O) groups excluding carboxylic acids is 2. The zero-order valence-corrected chi connectivity index (χ0v) is 12.4. The summed E-state index contributed by atoms with van der Waals surface area (Å²) in [5.74, 6) is -3.81. The molecule has 7 heteroatoms. The summed E-state index contributed by atoms with van der Waals surface area (Å²) in [6, 6.07) is 8.29. The van der Waals surface area contributed by atoms with E-state index in [2.05, 4.69) is 5.32 Å². The normalized spacial score (nSPS) is 28.4. The van der Waals surface area contributed by atoms with E-state index in [9.17, 15) is 20.1 Å². The van der Waals surface area contributed by atoms with Gasteiger partial charge >= 0.3 is 0 Å². The molecule has 0 bridgehead atoms. The van der Waals surface area contributed by atoms with Gasteiger partial charge in [0.2, 0.25) is 11.8 Å². The Labute approximate surface area is 131 Å². The molecule has 2 amide bonds. The Kier molecular flexibility index (Phi) is 3.91. The summed E-state index contributed by atoms with van der Waals surface area (Å²) in [5.41, 5.74) is -0.852. The van der Waals surface area contributed by atoms with Crippen LogP contribution in [0.25, 0.3) is 0 Å². The molecular weight excluding hydrogens is 313 g/mol. The number of carbonyl (C=O) groups is 2. The third-order valence-electron chi connectivity index (χ3n) is 3.77. The SMILES string of the molecule is CC1(c2ccc(Cl)c(Cl)c2)C(C#N)C(=O)NC(=O)C1C#N. The van der Waals surface area contributed by atoms with Gasteiger partial charge in [-0.3, -0.25) is 14.9 Å². The van der Waals surface area contributed by atoms with E-state index in [0.29, 0.717) is 10.6 Å². The van der Waals surface area contributed by atoms with Gasteiger partial charge in [0.1, 0.15) is 11.8 Å². The monoisotopic (exact) mass is 321 g/mol. The number of rotatable bonds is 1. The largest absolute Gasteiger partial charge is 0.294 e. The lowest BCUT2D eigenvalue weighted by molar-refractivity contribution is -0.140. The molecular formula is C14H9Cl2N3O2. The fourth-order valence-corrected chi connectivity index (χ4v) is 2.83. The van der Waals surface area contributed by atoms with E-state index >= 15 is 0 Å². The number of imide groups is 1. The second-order valence-corrected chi connectivity index (χ2v) is 5.70. The maximum Gasteiger partial charge on any atom is 0.244 e. The summed E-state index contributed by atoms with van der Waals surface area (Å²) in [6.45, 7) is 1.53. The molecule has 0 spiro atoms. The van der Waals surface area contributed by atoms with Crippen LogP contribution in [0.5, 0.6) is 0 Å². The molecule has 2 rings (SSSR count). The maximum atomic E-state index is 11.9. The Bertz CT molecular complexity index is 686. The third-order valence-corrected chi connectivity index (χ3v) is 4.51. The van der Waals surface area contributed by atoms with Crippen LogP contribution in [0.3, 0.4) is 0 Å². The first-order chi connectivity index (χ1) is 9.86. The molecule has 5 nitrogen and oxygen atoms in total. The van der Waals surface area contributed by atoms with Crippen molar-refractivity contribution >= 4 is 35.0 Å². The smallest absolute Gasteiger partial charge is 0.244 e. The minimum Gasteiger partial charge on any atom is -0.294 e. The van der Waals surface area contributed by atoms with Crippen molar-refractivity contribution in [1.82, 2.24) is 5.32 Å². The summed E-state index contributed by atoms with van der Waals surface area (Å²) in [6.07, 6.45) is 0. The number of nitrogens with zero attached hydrogens (tertiary/aromatic N) is 2. The Hall–Kier alpha value is -2.08. The second-order valence-electron chi connectivity index (χ2n) is 4.89. The van der Waals surface area contributed by atoms with E-state index in [0.717, 1.165) is 0 Å². The Morgan fingerprint density at radius 1 is 1.10 bits per heavy atom. The van der Waals surface area contributed by atoms with Gasteiger partial charge in [0.15, 0.2) is 0 Å². The van der Waals surface area contributed by atoms with Gasteiger partial charge in [-0.1, -0.05) is 36.2 Å².